The van der Waals surface area contributed by atoms with Gasteiger partial charge >= 0.3 is 5.97 Å². The summed E-state index contributed by atoms with van der Waals surface area (Å²) in [5.74, 6) is -0.691. The van der Waals surface area contributed by atoms with Gasteiger partial charge in [0, 0.05) is 17.1 Å². The molecule has 94 valence electrons. The molecule has 2 rings (SSSR count). The van der Waals surface area contributed by atoms with E-state index in [1.54, 1.807) is 16.8 Å². The number of aliphatic carboxylic acids is 1. The number of thiazole rings is 1. The molecule has 0 aliphatic carbocycles. The Morgan fingerprint density at radius 3 is 3.06 bits per heavy atom. The molecule has 2 heterocycles. The lowest BCUT2D eigenvalue weighted by molar-refractivity contribution is -0.144. The topological polar surface area (TPSA) is 53.4 Å². The fraction of sp³-hybridized carbons (Fsp3) is 0.667. The van der Waals surface area contributed by atoms with Gasteiger partial charge in [0.05, 0.1) is 5.51 Å². The van der Waals surface area contributed by atoms with E-state index in [4.69, 9.17) is 0 Å². The molecule has 1 aromatic rings. The molecular formula is C12H18N2O2S. The van der Waals surface area contributed by atoms with Crippen LogP contribution in [0.25, 0.3) is 0 Å². The molecule has 5 heteroatoms. The molecule has 0 bridgehead atoms. The van der Waals surface area contributed by atoms with Crippen molar-refractivity contribution in [2.45, 2.75) is 44.7 Å². The van der Waals surface area contributed by atoms with Crippen LogP contribution in [0.3, 0.4) is 0 Å². The summed E-state index contributed by atoms with van der Waals surface area (Å²) >= 11 is 1.60. The third-order valence-corrected chi connectivity index (χ3v) is 4.39. The highest BCUT2D eigenvalue weighted by Crippen LogP contribution is 2.29. The van der Waals surface area contributed by atoms with Crippen molar-refractivity contribution in [3.05, 3.63) is 16.6 Å². The van der Waals surface area contributed by atoms with Crippen molar-refractivity contribution in [1.82, 2.24) is 9.88 Å². The zero-order valence-electron chi connectivity index (χ0n) is 10.0. The highest BCUT2D eigenvalue weighted by atomic mass is 32.1. The van der Waals surface area contributed by atoms with Gasteiger partial charge in [0.2, 0.25) is 0 Å². The maximum Gasteiger partial charge on any atom is 0.320 e. The highest BCUT2D eigenvalue weighted by Gasteiger charge is 2.31. The number of likely N-dealkylation sites (tertiary alicyclic amines) is 1. The molecule has 17 heavy (non-hydrogen) atoms. The molecule has 1 N–H and O–H groups in total. The van der Waals surface area contributed by atoms with Gasteiger partial charge in [-0.1, -0.05) is 12.8 Å². The van der Waals surface area contributed by atoms with E-state index in [9.17, 15) is 9.90 Å². The van der Waals surface area contributed by atoms with Crippen molar-refractivity contribution in [2.24, 2.45) is 0 Å². The van der Waals surface area contributed by atoms with Crippen molar-refractivity contribution in [1.29, 1.82) is 0 Å². The minimum atomic E-state index is -0.691. The Labute approximate surface area is 105 Å². The zero-order chi connectivity index (χ0) is 12.3. The van der Waals surface area contributed by atoms with Gasteiger partial charge in [0.1, 0.15) is 6.04 Å². The minimum Gasteiger partial charge on any atom is -0.480 e. The molecule has 0 amide bonds. The van der Waals surface area contributed by atoms with Crippen LogP contribution in [0.15, 0.2) is 11.7 Å². The van der Waals surface area contributed by atoms with Gasteiger partial charge < -0.3 is 5.11 Å². The summed E-state index contributed by atoms with van der Waals surface area (Å²) in [6.45, 7) is 2.95. The molecule has 0 aromatic carbocycles. The maximum absolute atomic E-state index is 11.3. The van der Waals surface area contributed by atoms with E-state index in [0.717, 1.165) is 37.1 Å². The van der Waals surface area contributed by atoms with E-state index in [1.807, 2.05) is 6.20 Å². The fourth-order valence-electron chi connectivity index (χ4n) is 2.45. The minimum absolute atomic E-state index is 0.154. The van der Waals surface area contributed by atoms with Gasteiger partial charge in [0.25, 0.3) is 0 Å². The van der Waals surface area contributed by atoms with Gasteiger partial charge in [-0.3, -0.25) is 14.7 Å². The zero-order valence-corrected chi connectivity index (χ0v) is 10.8. The van der Waals surface area contributed by atoms with E-state index in [-0.39, 0.29) is 12.1 Å². The van der Waals surface area contributed by atoms with Crippen LogP contribution in [0.4, 0.5) is 0 Å². The second kappa shape index (κ2) is 5.60. The Bertz CT molecular complexity index is 367. The SMILES string of the molecule is CC(c1cncs1)N1CCCCCC1C(=O)O. The van der Waals surface area contributed by atoms with Crippen LogP contribution in [0.5, 0.6) is 0 Å². The van der Waals surface area contributed by atoms with Crippen LogP contribution in [0.1, 0.15) is 43.5 Å². The summed E-state index contributed by atoms with van der Waals surface area (Å²) < 4.78 is 0. The largest absolute Gasteiger partial charge is 0.480 e. The molecule has 2 unspecified atom stereocenters. The van der Waals surface area contributed by atoms with E-state index < -0.39 is 5.97 Å². The van der Waals surface area contributed by atoms with E-state index in [2.05, 4.69) is 16.8 Å². The molecule has 1 aliphatic heterocycles. The molecule has 2 atom stereocenters. The van der Waals surface area contributed by atoms with Crippen LogP contribution >= 0.6 is 11.3 Å². The lowest BCUT2D eigenvalue weighted by Gasteiger charge is -2.31. The molecule has 1 aromatic heterocycles. The van der Waals surface area contributed by atoms with Gasteiger partial charge in [-0.2, -0.15) is 0 Å². The number of hydrogen-bond donors (Lipinski definition) is 1. The van der Waals surface area contributed by atoms with Gasteiger partial charge in [-0.25, -0.2) is 0 Å². The van der Waals surface area contributed by atoms with E-state index >= 15 is 0 Å². The molecule has 1 fully saturated rings. The third-order valence-electron chi connectivity index (χ3n) is 3.44. The molecule has 0 radical (unpaired) electrons. The number of rotatable bonds is 3. The number of carboxylic acid groups (broad SMARTS) is 1. The van der Waals surface area contributed by atoms with Crippen molar-refractivity contribution < 1.29 is 9.90 Å². The quantitative estimate of drug-likeness (QED) is 0.900. The van der Waals surface area contributed by atoms with Crippen LogP contribution < -0.4 is 0 Å². The van der Waals surface area contributed by atoms with E-state index in [1.165, 1.54) is 0 Å². The van der Waals surface area contributed by atoms with Crippen molar-refractivity contribution in [2.75, 3.05) is 6.54 Å². The lowest BCUT2D eigenvalue weighted by atomic mass is 10.1. The molecule has 0 spiro atoms. The maximum atomic E-state index is 11.3. The number of carboxylic acids is 1. The second-order valence-corrected chi connectivity index (χ2v) is 5.44. The Hall–Kier alpha value is -0.940. The Morgan fingerprint density at radius 2 is 2.41 bits per heavy atom. The standard InChI is InChI=1S/C12H18N2O2S/c1-9(11-7-13-8-17-11)14-6-4-2-3-5-10(14)12(15)16/h7-10H,2-6H2,1H3,(H,15,16). The van der Waals surface area contributed by atoms with Crippen LogP contribution in [0.2, 0.25) is 0 Å². The monoisotopic (exact) mass is 254 g/mol. The first-order valence-corrected chi connectivity index (χ1v) is 6.95. The Kier molecular flexibility index (Phi) is 4.12. The molecular weight excluding hydrogens is 236 g/mol. The molecule has 1 aliphatic rings. The first-order chi connectivity index (χ1) is 8.20. The van der Waals surface area contributed by atoms with Gasteiger partial charge in [-0.05, 0) is 26.3 Å². The Balaban J connectivity index is 2.17. The molecule has 0 saturated carbocycles. The highest BCUT2D eigenvalue weighted by molar-refractivity contribution is 7.09. The predicted octanol–water partition coefficient (Wildman–Crippen LogP) is 2.53. The van der Waals surface area contributed by atoms with Crippen LogP contribution in [-0.2, 0) is 4.79 Å². The average molecular weight is 254 g/mol. The summed E-state index contributed by atoms with van der Waals surface area (Å²) in [4.78, 5) is 18.7. The molecule has 4 nitrogen and oxygen atoms in total. The fourth-order valence-corrected chi connectivity index (χ4v) is 3.15. The van der Waals surface area contributed by atoms with Gasteiger partial charge in [-0.15, -0.1) is 11.3 Å². The number of carbonyl (C=O) groups is 1. The van der Waals surface area contributed by atoms with Crippen molar-refractivity contribution in [3.8, 4) is 0 Å². The second-order valence-electron chi connectivity index (χ2n) is 4.52. The van der Waals surface area contributed by atoms with E-state index in [0.29, 0.717) is 0 Å². The van der Waals surface area contributed by atoms with Crippen LogP contribution in [-0.4, -0.2) is 33.5 Å². The summed E-state index contributed by atoms with van der Waals surface area (Å²) in [5.41, 5.74) is 1.80. The summed E-state index contributed by atoms with van der Waals surface area (Å²) in [6.07, 6.45) is 5.85. The first kappa shape index (κ1) is 12.5. The summed E-state index contributed by atoms with van der Waals surface area (Å²) in [6, 6.07) is -0.184. The third kappa shape index (κ3) is 2.84. The average Bonchev–Trinajstić information content (AvgIpc) is 2.71. The molecule has 1 saturated heterocycles. The van der Waals surface area contributed by atoms with Gasteiger partial charge in [0.15, 0.2) is 0 Å². The number of aromatic nitrogens is 1. The van der Waals surface area contributed by atoms with Crippen molar-refractivity contribution >= 4 is 17.3 Å². The van der Waals surface area contributed by atoms with Crippen molar-refractivity contribution in [3.63, 3.8) is 0 Å². The Morgan fingerprint density at radius 1 is 1.59 bits per heavy atom. The number of hydrogen-bond acceptors (Lipinski definition) is 4. The van der Waals surface area contributed by atoms with Crippen LogP contribution in [0, 0.1) is 0 Å². The number of nitrogens with zero attached hydrogens (tertiary/aromatic N) is 2. The normalized spacial score (nSPS) is 24.2. The summed E-state index contributed by atoms with van der Waals surface area (Å²) in [5, 5.41) is 9.33. The summed E-state index contributed by atoms with van der Waals surface area (Å²) in [7, 11) is 0. The first-order valence-electron chi connectivity index (χ1n) is 6.07. The lowest BCUT2D eigenvalue weighted by Crippen LogP contribution is -2.42. The smallest absolute Gasteiger partial charge is 0.320 e. The predicted molar refractivity (Wildman–Crippen MR) is 67.1 cm³/mol.